The zero-order valence-electron chi connectivity index (χ0n) is 9.63. The molecule has 1 rings (SSSR count). The highest BCUT2D eigenvalue weighted by Crippen LogP contribution is 2.05. The first kappa shape index (κ1) is 12.9. The van der Waals surface area contributed by atoms with Crippen LogP contribution in [0.2, 0.25) is 0 Å². The fourth-order valence-electron chi connectivity index (χ4n) is 1.60. The fourth-order valence-corrected chi connectivity index (χ4v) is 3.11. The summed E-state index contributed by atoms with van der Waals surface area (Å²) >= 11 is 0. The van der Waals surface area contributed by atoms with Crippen LogP contribution in [0.3, 0.4) is 0 Å². The first-order valence-electron chi connectivity index (χ1n) is 5.30. The molecule has 0 saturated carbocycles. The third-order valence-electron chi connectivity index (χ3n) is 2.06. The second-order valence-corrected chi connectivity index (χ2v) is 6.46. The Morgan fingerprint density at radius 2 is 2.00 bits per heavy atom. The van der Waals surface area contributed by atoms with Crippen LogP contribution in [0.4, 0.5) is 0 Å². The van der Waals surface area contributed by atoms with Crippen LogP contribution >= 0.6 is 0 Å². The highest BCUT2D eigenvalue weighted by atomic mass is 32.2. The van der Waals surface area contributed by atoms with E-state index in [2.05, 4.69) is 14.8 Å². The molecule has 0 spiro atoms. The number of nitrogens with one attached hydrogen (secondary N) is 3. The van der Waals surface area contributed by atoms with E-state index in [0.29, 0.717) is 6.54 Å². The summed E-state index contributed by atoms with van der Waals surface area (Å²) in [6, 6.07) is 0.0126. The van der Waals surface area contributed by atoms with E-state index in [4.69, 9.17) is 0 Å². The third kappa shape index (κ3) is 5.46. The van der Waals surface area contributed by atoms with Gasteiger partial charge in [0.2, 0.25) is 0 Å². The second kappa shape index (κ2) is 4.78. The first-order chi connectivity index (χ1) is 6.79. The van der Waals surface area contributed by atoms with Gasteiger partial charge in [0.25, 0.3) is 10.2 Å². The van der Waals surface area contributed by atoms with Crippen molar-refractivity contribution in [2.45, 2.75) is 45.2 Å². The van der Waals surface area contributed by atoms with Crippen molar-refractivity contribution < 1.29 is 8.42 Å². The Balaban J connectivity index is 2.48. The van der Waals surface area contributed by atoms with E-state index < -0.39 is 15.7 Å². The molecule has 1 aliphatic rings. The van der Waals surface area contributed by atoms with Crippen molar-refractivity contribution >= 4 is 10.2 Å². The second-order valence-electron chi connectivity index (χ2n) is 5.02. The third-order valence-corrected chi connectivity index (χ3v) is 3.58. The summed E-state index contributed by atoms with van der Waals surface area (Å²) in [7, 11) is -3.38. The smallest absolute Gasteiger partial charge is 0.277 e. The van der Waals surface area contributed by atoms with Crippen molar-refractivity contribution in [1.82, 2.24) is 14.8 Å². The molecule has 15 heavy (non-hydrogen) atoms. The van der Waals surface area contributed by atoms with E-state index in [1.165, 1.54) is 0 Å². The fraction of sp³-hybridized carbons (Fsp3) is 1.00. The van der Waals surface area contributed by atoms with Crippen molar-refractivity contribution in [3.63, 3.8) is 0 Å². The summed E-state index contributed by atoms with van der Waals surface area (Å²) in [5, 5.41) is 3.17. The van der Waals surface area contributed by atoms with Gasteiger partial charge in [0.05, 0.1) is 0 Å². The highest BCUT2D eigenvalue weighted by Gasteiger charge is 2.23. The van der Waals surface area contributed by atoms with E-state index >= 15 is 0 Å². The molecule has 5 nitrogen and oxygen atoms in total. The Labute approximate surface area is 92.2 Å². The Bertz CT molecular complexity index is 289. The largest absolute Gasteiger partial charge is 0.315 e. The lowest BCUT2D eigenvalue weighted by Crippen LogP contribution is -2.53. The maximum atomic E-state index is 11.7. The van der Waals surface area contributed by atoms with E-state index in [9.17, 15) is 8.42 Å². The molecule has 0 amide bonds. The molecule has 3 N–H and O–H groups in total. The number of hydrogen-bond acceptors (Lipinski definition) is 3. The molecule has 0 radical (unpaired) electrons. The molecule has 90 valence electrons. The average molecular weight is 235 g/mol. The van der Waals surface area contributed by atoms with Crippen molar-refractivity contribution in [1.29, 1.82) is 0 Å². The van der Waals surface area contributed by atoms with Gasteiger partial charge in [-0.15, -0.1) is 0 Å². The van der Waals surface area contributed by atoms with E-state index in [1.807, 2.05) is 20.8 Å². The van der Waals surface area contributed by atoms with E-state index in [0.717, 1.165) is 19.4 Å². The van der Waals surface area contributed by atoms with Gasteiger partial charge >= 0.3 is 0 Å². The van der Waals surface area contributed by atoms with Gasteiger partial charge < -0.3 is 5.32 Å². The van der Waals surface area contributed by atoms with Crippen LogP contribution in [-0.2, 0) is 10.2 Å². The Hall–Kier alpha value is -0.170. The van der Waals surface area contributed by atoms with Gasteiger partial charge in [0.15, 0.2) is 0 Å². The first-order valence-corrected chi connectivity index (χ1v) is 6.79. The minimum absolute atomic E-state index is 0.0126. The normalized spacial score (nSPS) is 24.1. The number of piperidine rings is 1. The molecule has 0 unspecified atom stereocenters. The quantitative estimate of drug-likeness (QED) is 0.643. The maximum absolute atomic E-state index is 11.7. The molecule has 0 bridgehead atoms. The van der Waals surface area contributed by atoms with Gasteiger partial charge in [-0.3, -0.25) is 0 Å². The molecular weight excluding hydrogens is 214 g/mol. The van der Waals surface area contributed by atoms with Gasteiger partial charge in [-0.05, 0) is 40.2 Å². The molecule has 0 aromatic heterocycles. The highest BCUT2D eigenvalue weighted by molar-refractivity contribution is 7.87. The van der Waals surface area contributed by atoms with Gasteiger partial charge in [0.1, 0.15) is 0 Å². The molecule has 1 fully saturated rings. The molecule has 6 heteroatoms. The molecule has 0 aliphatic carbocycles. The lowest BCUT2D eigenvalue weighted by molar-refractivity contribution is 0.417. The predicted octanol–water partition coefficient (Wildman–Crippen LogP) is -0.0391. The minimum atomic E-state index is -3.38. The summed E-state index contributed by atoms with van der Waals surface area (Å²) in [5.74, 6) is 0. The van der Waals surface area contributed by atoms with Gasteiger partial charge in [-0.2, -0.15) is 17.9 Å². The number of hydrogen-bond donors (Lipinski definition) is 3. The molecular formula is C9H21N3O2S. The summed E-state index contributed by atoms with van der Waals surface area (Å²) in [5.41, 5.74) is -0.437. The van der Waals surface area contributed by atoms with E-state index in [1.54, 1.807) is 0 Å². The van der Waals surface area contributed by atoms with E-state index in [-0.39, 0.29) is 6.04 Å². The lowest BCUT2D eigenvalue weighted by atomic mass is 10.1. The molecule has 1 atom stereocenters. The van der Waals surface area contributed by atoms with Crippen molar-refractivity contribution in [3.8, 4) is 0 Å². The maximum Gasteiger partial charge on any atom is 0.277 e. The summed E-state index contributed by atoms with van der Waals surface area (Å²) < 4.78 is 28.6. The summed E-state index contributed by atoms with van der Waals surface area (Å²) in [6.07, 6.45) is 1.92. The molecule has 1 heterocycles. The van der Waals surface area contributed by atoms with Crippen LogP contribution in [0, 0.1) is 0 Å². The zero-order chi connectivity index (χ0) is 11.5. The summed E-state index contributed by atoms with van der Waals surface area (Å²) in [4.78, 5) is 0. The van der Waals surface area contributed by atoms with Crippen LogP contribution in [0.1, 0.15) is 33.6 Å². The zero-order valence-corrected chi connectivity index (χ0v) is 10.4. The Kier molecular flexibility index (Phi) is 4.11. The topological polar surface area (TPSA) is 70.2 Å². The minimum Gasteiger partial charge on any atom is -0.315 e. The van der Waals surface area contributed by atoms with Crippen molar-refractivity contribution in [2.75, 3.05) is 13.1 Å². The molecule has 1 saturated heterocycles. The monoisotopic (exact) mass is 235 g/mol. The standard InChI is InChI=1S/C9H21N3O2S/c1-9(2,3)12-15(13,14)11-8-5-4-6-10-7-8/h8,10-12H,4-7H2,1-3H3/t8-/m1/s1. The number of rotatable bonds is 3. The molecule has 1 aliphatic heterocycles. The van der Waals surface area contributed by atoms with Crippen molar-refractivity contribution in [3.05, 3.63) is 0 Å². The SMILES string of the molecule is CC(C)(C)NS(=O)(=O)N[C@@H]1CCCNC1. The van der Waals surface area contributed by atoms with Gasteiger partial charge in [0, 0.05) is 18.1 Å². The van der Waals surface area contributed by atoms with Crippen LogP contribution in [0.5, 0.6) is 0 Å². The van der Waals surface area contributed by atoms with Crippen LogP contribution in [-0.4, -0.2) is 33.1 Å². The average Bonchev–Trinajstić information content (AvgIpc) is 1.99. The van der Waals surface area contributed by atoms with Crippen molar-refractivity contribution in [2.24, 2.45) is 0 Å². The lowest BCUT2D eigenvalue weighted by Gasteiger charge is -2.26. The van der Waals surface area contributed by atoms with Crippen LogP contribution in [0.25, 0.3) is 0 Å². The van der Waals surface area contributed by atoms with Crippen LogP contribution in [0.15, 0.2) is 0 Å². The molecule has 0 aromatic rings. The Morgan fingerprint density at radius 1 is 1.33 bits per heavy atom. The molecule has 0 aromatic carbocycles. The van der Waals surface area contributed by atoms with Gasteiger partial charge in [-0.1, -0.05) is 0 Å². The Morgan fingerprint density at radius 3 is 2.47 bits per heavy atom. The van der Waals surface area contributed by atoms with Crippen LogP contribution < -0.4 is 14.8 Å². The summed E-state index contributed by atoms with van der Waals surface area (Å²) in [6.45, 7) is 7.16. The predicted molar refractivity (Wildman–Crippen MR) is 60.8 cm³/mol. The van der Waals surface area contributed by atoms with Gasteiger partial charge in [-0.25, -0.2) is 0 Å².